The lowest BCUT2D eigenvalue weighted by Crippen LogP contribution is -2.53. The Morgan fingerprint density at radius 1 is 1.28 bits per heavy atom. The van der Waals surface area contributed by atoms with E-state index in [0.717, 1.165) is 0 Å². The number of ether oxygens (including phenoxy) is 1. The van der Waals surface area contributed by atoms with E-state index in [-0.39, 0.29) is 11.9 Å². The molecule has 1 aliphatic rings. The molecule has 0 aromatic carbocycles. The van der Waals surface area contributed by atoms with Crippen LogP contribution in [0.4, 0.5) is 4.79 Å². The van der Waals surface area contributed by atoms with Crippen molar-refractivity contribution in [2.75, 3.05) is 13.1 Å². The van der Waals surface area contributed by atoms with Crippen LogP contribution in [-0.4, -0.2) is 41.0 Å². The molecule has 0 bridgehead atoms. The summed E-state index contributed by atoms with van der Waals surface area (Å²) in [4.78, 5) is 24.6. The number of hydrogen-bond donors (Lipinski definition) is 1. The quantitative estimate of drug-likeness (QED) is 0.816. The van der Waals surface area contributed by atoms with E-state index in [9.17, 15) is 9.59 Å². The van der Waals surface area contributed by atoms with Crippen LogP contribution in [0.1, 0.15) is 47.0 Å². The van der Waals surface area contributed by atoms with Crippen LogP contribution in [0, 0.1) is 0 Å². The fourth-order valence-electron chi connectivity index (χ4n) is 2.13. The van der Waals surface area contributed by atoms with Crippen LogP contribution in [0.5, 0.6) is 0 Å². The highest BCUT2D eigenvalue weighted by atomic mass is 16.6. The zero-order valence-corrected chi connectivity index (χ0v) is 11.8. The number of Topliss-reactive ketones (excluding diaryl/α,β-unsaturated/α-hetero) is 1. The number of amides is 1. The number of carbonyl (C=O) groups is 2. The van der Waals surface area contributed by atoms with Crippen molar-refractivity contribution in [2.24, 2.45) is 5.73 Å². The van der Waals surface area contributed by atoms with E-state index in [1.807, 2.05) is 20.8 Å². The second-order valence-corrected chi connectivity index (χ2v) is 6.21. The van der Waals surface area contributed by atoms with Crippen molar-refractivity contribution in [1.82, 2.24) is 4.90 Å². The third-order valence-corrected chi connectivity index (χ3v) is 3.01. The van der Waals surface area contributed by atoms with Crippen LogP contribution < -0.4 is 5.73 Å². The van der Waals surface area contributed by atoms with E-state index < -0.39 is 11.1 Å². The van der Waals surface area contributed by atoms with Crippen molar-refractivity contribution in [3.05, 3.63) is 0 Å². The molecule has 0 aliphatic carbocycles. The monoisotopic (exact) mass is 256 g/mol. The number of nitrogens with two attached hydrogens (primary N) is 1. The van der Waals surface area contributed by atoms with Gasteiger partial charge in [-0.2, -0.15) is 0 Å². The van der Waals surface area contributed by atoms with Crippen LogP contribution in [0.3, 0.4) is 0 Å². The van der Waals surface area contributed by atoms with Crippen molar-refractivity contribution in [2.45, 2.75) is 58.1 Å². The van der Waals surface area contributed by atoms with Gasteiger partial charge < -0.3 is 15.4 Å². The van der Waals surface area contributed by atoms with Crippen LogP contribution in [0.2, 0.25) is 0 Å². The lowest BCUT2D eigenvalue weighted by molar-refractivity contribution is -0.118. The Morgan fingerprint density at radius 3 is 2.17 bits per heavy atom. The van der Waals surface area contributed by atoms with E-state index in [0.29, 0.717) is 32.4 Å². The van der Waals surface area contributed by atoms with Gasteiger partial charge in [0.2, 0.25) is 0 Å². The standard InChI is InChI=1S/C13H24N2O3/c1-10(16)9-13(14)5-7-15(8-6-13)11(17)18-12(2,3)4/h5-9,14H2,1-4H3. The fourth-order valence-corrected chi connectivity index (χ4v) is 2.13. The maximum atomic E-state index is 11.8. The zero-order valence-electron chi connectivity index (χ0n) is 11.8. The molecule has 0 aromatic heterocycles. The highest BCUT2D eigenvalue weighted by Crippen LogP contribution is 2.24. The maximum absolute atomic E-state index is 11.8. The lowest BCUT2D eigenvalue weighted by Gasteiger charge is -2.39. The molecule has 0 radical (unpaired) electrons. The van der Waals surface area contributed by atoms with Crippen molar-refractivity contribution in [3.63, 3.8) is 0 Å². The molecule has 1 rings (SSSR count). The second kappa shape index (κ2) is 5.26. The molecule has 1 saturated heterocycles. The van der Waals surface area contributed by atoms with Crippen LogP contribution in [0.25, 0.3) is 0 Å². The highest BCUT2D eigenvalue weighted by Gasteiger charge is 2.34. The molecule has 0 aromatic rings. The summed E-state index contributed by atoms with van der Waals surface area (Å²) in [7, 11) is 0. The molecular formula is C13H24N2O3. The summed E-state index contributed by atoms with van der Waals surface area (Å²) in [5.41, 5.74) is 5.22. The summed E-state index contributed by atoms with van der Waals surface area (Å²) in [6, 6.07) is 0. The summed E-state index contributed by atoms with van der Waals surface area (Å²) in [5.74, 6) is 0.100. The largest absolute Gasteiger partial charge is 0.444 e. The topological polar surface area (TPSA) is 72.6 Å². The van der Waals surface area contributed by atoms with E-state index in [2.05, 4.69) is 0 Å². The SMILES string of the molecule is CC(=O)CC1(N)CCN(C(=O)OC(C)(C)C)CC1. The lowest BCUT2D eigenvalue weighted by atomic mass is 9.84. The van der Waals surface area contributed by atoms with Gasteiger partial charge in [-0.05, 0) is 40.5 Å². The Morgan fingerprint density at radius 2 is 1.78 bits per heavy atom. The molecule has 0 saturated carbocycles. The maximum Gasteiger partial charge on any atom is 0.410 e. The van der Waals surface area contributed by atoms with Crippen molar-refractivity contribution in [3.8, 4) is 0 Å². The van der Waals surface area contributed by atoms with Gasteiger partial charge in [-0.25, -0.2) is 4.79 Å². The first-order chi connectivity index (χ1) is 8.11. The van der Waals surface area contributed by atoms with Gasteiger partial charge in [-0.3, -0.25) is 4.79 Å². The second-order valence-electron chi connectivity index (χ2n) is 6.21. The van der Waals surface area contributed by atoms with Gasteiger partial charge in [-0.1, -0.05) is 0 Å². The number of piperidine rings is 1. The smallest absolute Gasteiger partial charge is 0.410 e. The van der Waals surface area contributed by atoms with E-state index in [4.69, 9.17) is 10.5 Å². The molecule has 18 heavy (non-hydrogen) atoms. The molecule has 2 N–H and O–H groups in total. The van der Waals surface area contributed by atoms with Gasteiger partial charge in [0.15, 0.2) is 0 Å². The molecule has 0 unspecified atom stereocenters. The summed E-state index contributed by atoms with van der Waals surface area (Å²) >= 11 is 0. The average molecular weight is 256 g/mol. The number of likely N-dealkylation sites (tertiary alicyclic amines) is 1. The number of rotatable bonds is 2. The van der Waals surface area contributed by atoms with Crippen molar-refractivity contribution in [1.29, 1.82) is 0 Å². The molecular weight excluding hydrogens is 232 g/mol. The van der Waals surface area contributed by atoms with Gasteiger partial charge >= 0.3 is 6.09 Å². The molecule has 104 valence electrons. The Balaban J connectivity index is 2.48. The molecule has 1 fully saturated rings. The Labute approximate surface area is 109 Å². The molecule has 1 aliphatic heterocycles. The van der Waals surface area contributed by atoms with E-state index in [1.54, 1.807) is 11.8 Å². The molecule has 1 heterocycles. The summed E-state index contributed by atoms with van der Waals surface area (Å²) in [5, 5.41) is 0. The summed E-state index contributed by atoms with van der Waals surface area (Å²) < 4.78 is 5.31. The van der Waals surface area contributed by atoms with Gasteiger partial charge in [0, 0.05) is 25.0 Å². The minimum Gasteiger partial charge on any atom is -0.444 e. The first kappa shape index (κ1) is 15.0. The number of ketones is 1. The van der Waals surface area contributed by atoms with Gasteiger partial charge in [-0.15, -0.1) is 0 Å². The zero-order chi connectivity index (χ0) is 14.0. The summed E-state index contributed by atoms with van der Waals surface area (Å²) in [6.07, 6.45) is 1.37. The van der Waals surface area contributed by atoms with Crippen molar-refractivity contribution >= 4 is 11.9 Å². The van der Waals surface area contributed by atoms with Crippen molar-refractivity contribution < 1.29 is 14.3 Å². The first-order valence-corrected chi connectivity index (χ1v) is 6.38. The highest BCUT2D eigenvalue weighted by molar-refractivity contribution is 5.77. The van der Waals surface area contributed by atoms with Crippen LogP contribution >= 0.6 is 0 Å². The van der Waals surface area contributed by atoms with Gasteiger partial charge in [0.1, 0.15) is 11.4 Å². The van der Waals surface area contributed by atoms with E-state index in [1.165, 1.54) is 0 Å². The molecule has 5 heteroatoms. The van der Waals surface area contributed by atoms with E-state index >= 15 is 0 Å². The Kier molecular flexibility index (Phi) is 4.37. The minimum absolute atomic E-state index is 0.100. The number of carbonyl (C=O) groups excluding carboxylic acids is 2. The fraction of sp³-hybridized carbons (Fsp3) is 0.846. The molecule has 1 amide bonds. The molecule has 0 atom stereocenters. The minimum atomic E-state index is -0.478. The van der Waals surface area contributed by atoms with Gasteiger partial charge in [0.25, 0.3) is 0 Å². The Hall–Kier alpha value is -1.10. The molecule has 5 nitrogen and oxygen atoms in total. The third-order valence-electron chi connectivity index (χ3n) is 3.01. The van der Waals surface area contributed by atoms with Crippen LogP contribution in [-0.2, 0) is 9.53 Å². The predicted molar refractivity (Wildman–Crippen MR) is 69.3 cm³/mol. The number of hydrogen-bond acceptors (Lipinski definition) is 4. The first-order valence-electron chi connectivity index (χ1n) is 6.38. The molecule has 0 spiro atoms. The summed E-state index contributed by atoms with van der Waals surface area (Å²) in [6.45, 7) is 8.19. The predicted octanol–water partition coefficient (Wildman–Crippen LogP) is 1.69. The normalized spacial score (nSPS) is 19.5. The third kappa shape index (κ3) is 4.64. The Bertz CT molecular complexity index is 326. The number of nitrogens with zero attached hydrogens (tertiary/aromatic N) is 1. The van der Waals surface area contributed by atoms with Gasteiger partial charge in [0.05, 0.1) is 0 Å². The average Bonchev–Trinajstić information content (AvgIpc) is 2.13. The van der Waals surface area contributed by atoms with Crippen LogP contribution in [0.15, 0.2) is 0 Å².